The fourth-order valence-corrected chi connectivity index (χ4v) is 3.23. The van der Waals surface area contributed by atoms with Crippen molar-refractivity contribution >= 4 is 15.7 Å². The molecule has 88 valence electrons. The minimum absolute atomic E-state index is 0.345. The summed E-state index contributed by atoms with van der Waals surface area (Å²) in [6, 6.07) is 6.05. The molecule has 16 heavy (non-hydrogen) atoms. The maximum Gasteiger partial charge on any atom is 0.232 e. The molecule has 0 spiro atoms. The molecule has 3 nitrogen and oxygen atoms in total. The van der Waals surface area contributed by atoms with Gasteiger partial charge in [0.2, 0.25) is 10.0 Å². The minimum atomic E-state index is -3.14. The zero-order valence-electron chi connectivity index (χ0n) is 9.90. The number of fused-ring (bicyclic) bond motifs is 1. The van der Waals surface area contributed by atoms with Crippen molar-refractivity contribution in [3.63, 3.8) is 0 Å². The van der Waals surface area contributed by atoms with Crippen molar-refractivity contribution in [3.8, 4) is 0 Å². The Morgan fingerprint density at radius 3 is 2.56 bits per heavy atom. The number of sulfonamides is 1. The van der Waals surface area contributed by atoms with Crippen molar-refractivity contribution < 1.29 is 8.42 Å². The van der Waals surface area contributed by atoms with E-state index in [0.717, 1.165) is 23.2 Å². The summed E-state index contributed by atoms with van der Waals surface area (Å²) in [6.45, 7) is 4.76. The molecular formula is C12H17NO2S. The topological polar surface area (TPSA) is 37.4 Å². The van der Waals surface area contributed by atoms with E-state index in [1.807, 2.05) is 18.2 Å². The Kier molecular flexibility index (Phi) is 2.70. The predicted octanol–water partition coefficient (Wildman–Crippen LogP) is 2.13. The van der Waals surface area contributed by atoms with Gasteiger partial charge in [0.25, 0.3) is 0 Å². The Bertz CT molecular complexity index is 506. The molecule has 0 bridgehead atoms. The van der Waals surface area contributed by atoms with Crippen molar-refractivity contribution in [2.24, 2.45) is 0 Å². The summed E-state index contributed by atoms with van der Waals surface area (Å²) >= 11 is 0. The van der Waals surface area contributed by atoms with Crippen molar-refractivity contribution in [2.45, 2.75) is 26.2 Å². The lowest BCUT2D eigenvalue weighted by Crippen LogP contribution is -2.28. The first-order chi connectivity index (χ1) is 7.41. The lowest BCUT2D eigenvalue weighted by Gasteiger charge is -2.21. The van der Waals surface area contributed by atoms with Gasteiger partial charge in [0.15, 0.2) is 0 Å². The third-order valence-corrected chi connectivity index (χ3v) is 4.17. The van der Waals surface area contributed by atoms with Crippen LogP contribution in [0.1, 0.15) is 30.9 Å². The van der Waals surface area contributed by atoms with Crippen LogP contribution in [0.5, 0.6) is 0 Å². The second-order valence-corrected chi connectivity index (χ2v) is 6.50. The van der Waals surface area contributed by atoms with Gasteiger partial charge in [0, 0.05) is 6.54 Å². The van der Waals surface area contributed by atoms with E-state index in [-0.39, 0.29) is 0 Å². The SMILES string of the molecule is CC(C)c1cccc2c1N(S(C)(=O)=O)CC2. The average Bonchev–Trinajstić information content (AvgIpc) is 2.59. The number of para-hydroxylation sites is 1. The molecule has 0 aromatic heterocycles. The molecule has 0 amide bonds. The van der Waals surface area contributed by atoms with E-state index < -0.39 is 10.0 Å². The van der Waals surface area contributed by atoms with Crippen LogP contribution < -0.4 is 4.31 Å². The van der Waals surface area contributed by atoms with Crippen LogP contribution in [0.15, 0.2) is 18.2 Å². The standard InChI is InChI=1S/C12H17NO2S/c1-9(2)11-6-4-5-10-7-8-13(12(10)11)16(3,14)15/h4-6,9H,7-8H2,1-3H3. The van der Waals surface area contributed by atoms with Gasteiger partial charge < -0.3 is 0 Å². The van der Waals surface area contributed by atoms with Gasteiger partial charge >= 0.3 is 0 Å². The minimum Gasteiger partial charge on any atom is -0.270 e. The van der Waals surface area contributed by atoms with Gasteiger partial charge in [-0.05, 0) is 23.5 Å². The van der Waals surface area contributed by atoms with Gasteiger partial charge in [0.1, 0.15) is 0 Å². The molecule has 4 heteroatoms. The number of nitrogens with zero attached hydrogens (tertiary/aromatic N) is 1. The molecule has 1 aromatic carbocycles. The lowest BCUT2D eigenvalue weighted by atomic mass is 9.98. The van der Waals surface area contributed by atoms with Crippen LogP contribution in [-0.4, -0.2) is 21.2 Å². The number of benzene rings is 1. The lowest BCUT2D eigenvalue weighted by molar-refractivity contribution is 0.598. The van der Waals surface area contributed by atoms with E-state index in [4.69, 9.17) is 0 Å². The molecule has 0 unspecified atom stereocenters. The maximum atomic E-state index is 11.7. The van der Waals surface area contributed by atoms with Crippen molar-refractivity contribution in [3.05, 3.63) is 29.3 Å². The molecule has 0 saturated carbocycles. The Balaban J connectivity index is 2.60. The van der Waals surface area contributed by atoms with Gasteiger partial charge in [-0.15, -0.1) is 0 Å². The van der Waals surface area contributed by atoms with E-state index in [2.05, 4.69) is 13.8 Å². The molecular weight excluding hydrogens is 222 g/mol. The highest BCUT2D eigenvalue weighted by Gasteiger charge is 2.28. The van der Waals surface area contributed by atoms with Crippen LogP contribution in [0.2, 0.25) is 0 Å². The quantitative estimate of drug-likeness (QED) is 0.793. The average molecular weight is 239 g/mol. The summed E-state index contributed by atoms with van der Waals surface area (Å²) < 4.78 is 24.9. The number of anilines is 1. The summed E-state index contributed by atoms with van der Waals surface area (Å²) in [5.41, 5.74) is 3.19. The maximum absolute atomic E-state index is 11.7. The molecule has 0 atom stereocenters. The Hall–Kier alpha value is -1.03. The van der Waals surface area contributed by atoms with Gasteiger partial charge in [-0.1, -0.05) is 32.0 Å². The summed E-state index contributed by atoms with van der Waals surface area (Å²) in [5.74, 6) is 0.345. The number of hydrogen-bond acceptors (Lipinski definition) is 2. The fraction of sp³-hybridized carbons (Fsp3) is 0.500. The highest BCUT2D eigenvalue weighted by atomic mass is 32.2. The molecule has 1 aliphatic rings. The number of rotatable bonds is 2. The van der Waals surface area contributed by atoms with Crippen molar-refractivity contribution in [1.82, 2.24) is 0 Å². The third kappa shape index (κ3) is 1.82. The molecule has 2 rings (SSSR count). The van der Waals surface area contributed by atoms with E-state index in [1.54, 1.807) is 0 Å². The normalized spacial score (nSPS) is 15.6. The molecule has 0 radical (unpaired) electrons. The third-order valence-electron chi connectivity index (χ3n) is 3.01. The van der Waals surface area contributed by atoms with Crippen LogP contribution in [0.3, 0.4) is 0 Å². The molecule has 0 aliphatic carbocycles. The molecule has 1 heterocycles. The molecule has 1 aromatic rings. The largest absolute Gasteiger partial charge is 0.270 e. The van der Waals surface area contributed by atoms with Gasteiger partial charge in [-0.3, -0.25) is 4.31 Å². The summed E-state index contributed by atoms with van der Waals surface area (Å²) in [5, 5.41) is 0. The van der Waals surface area contributed by atoms with Crippen LogP contribution in [-0.2, 0) is 16.4 Å². The zero-order valence-corrected chi connectivity index (χ0v) is 10.7. The highest BCUT2D eigenvalue weighted by Crippen LogP contribution is 2.36. The summed E-state index contributed by atoms with van der Waals surface area (Å²) in [6.07, 6.45) is 2.10. The van der Waals surface area contributed by atoms with Gasteiger partial charge in [-0.25, -0.2) is 8.42 Å². The molecule has 0 fully saturated rings. The van der Waals surface area contributed by atoms with E-state index in [0.29, 0.717) is 12.5 Å². The molecule has 0 N–H and O–H groups in total. The molecule has 1 aliphatic heterocycles. The van der Waals surface area contributed by atoms with Gasteiger partial charge in [0.05, 0.1) is 11.9 Å². The van der Waals surface area contributed by atoms with Crippen LogP contribution in [0, 0.1) is 0 Å². The van der Waals surface area contributed by atoms with Crippen LogP contribution in [0.4, 0.5) is 5.69 Å². The van der Waals surface area contributed by atoms with Crippen molar-refractivity contribution in [2.75, 3.05) is 17.1 Å². The highest BCUT2D eigenvalue weighted by molar-refractivity contribution is 7.92. The first-order valence-corrected chi connectivity index (χ1v) is 7.35. The van der Waals surface area contributed by atoms with Gasteiger partial charge in [-0.2, -0.15) is 0 Å². The van der Waals surface area contributed by atoms with E-state index in [1.165, 1.54) is 10.6 Å². The second kappa shape index (κ2) is 3.77. The predicted molar refractivity (Wildman–Crippen MR) is 66.4 cm³/mol. The summed E-state index contributed by atoms with van der Waals surface area (Å²) in [4.78, 5) is 0. The zero-order chi connectivity index (χ0) is 11.9. The fourth-order valence-electron chi connectivity index (χ4n) is 2.25. The Morgan fingerprint density at radius 2 is 2.00 bits per heavy atom. The second-order valence-electron chi connectivity index (χ2n) is 4.59. The smallest absolute Gasteiger partial charge is 0.232 e. The Morgan fingerprint density at radius 1 is 1.31 bits per heavy atom. The van der Waals surface area contributed by atoms with Crippen molar-refractivity contribution in [1.29, 1.82) is 0 Å². The first kappa shape index (κ1) is 11.5. The Labute approximate surface area is 97.1 Å². The number of hydrogen-bond donors (Lipinski definition) is 0. The first-order valence-electron chi connectivity index (χ1n) is 5.50. The van der Waals surface area contributed by atoms with E-state index in [9.17, 15) is 8.42 Å². The van der Waals surface area contributed by atoms with Crippen LogP contribution in [0.25, 0.3) is 0 Å². The summed E-state index contributed by atoms with van der Waals surface area (Å²) in [7, 11) is -3.14. The molecule has 0 saturated heterocycles. The van der Waals surface area contributed by atoms with E-state index >= 15 is 0 Å². The van der Waals surface area contributed by atoms with Crippen LogP contribution >= 0.6 is 0 Å². The monoisotopic (exact) mass is 239 g/mol.